The lowest BCUT2D eigenvalue weighted by atomic mass is 9.87. The number of pyridine rings is 1. The van der Waals surface area contributed by atoms with Crippen LogP contribution in [-0.2, 0) is 5.41 Å². The maximum Gasteiger partial charge on any atom is 0.237 e. The SMILES string of the molecule is Cc1ccc(C#N)c(Oc2cccc(C(C)(C)C)c2)n1. The zero-order valence-electron chi connectivity index (χ0n) is 12.3. The monoisotopic (exact) mass is 266 g/mol. The molecule has 1 aromatic carbocycles. The number of rotatable bonds is 2. The maximum atomic E-state index is 9.10. The molecule has 102 valence electrons. The molecule has 0 aliphatic carbocycles. The van der Waals surface area contributed by atoms with Gasteiger partial charge in [-0.05, 0) is 42.2 Å². The van der Waals surface area contributed by atoms with E-state index in [9.17, 15) is 0 Å². The molecule has 0 saturated carbocycles. The molecule has 0 fully saturated rings. The molecule has 0 unspecified atom stereocenters. The van der Waals surface area contributed by atoms with Crippen LogP contribution in [0.15, 0.2) is 36.4 Å². The van der Waals surface area contributed by atoms with Gasteiger partial charge in [0.25, 0.3) is 0 Å². The minimum Gasteiger partial charge on any atom is -0.438 e. The second-order valence-corrected chi connectivity index (χ2v) is 5.80. The third-order valence-electron chi connectivity index (χ3n) is 3.03. The number of nitrogens with zero attached hydrogens (tertiary/aromatic N) is 2. The lowest BCUT2D eigenvalue weighted by molar-refractivity contribution is 0.457. The van der Waals surface area contributed by atoms with E-state index >= 15 is 0 Å². The van der Waals surface area contributed by atoms with E-state index in [2.05, 4.69) is 37.9 Å². The Morgan fingerprint density at radius 1 is 1.15 bits per heavy atom. The summed E-state index contributed by atoms with van der Waals surface area (Å²) in [7, 11) is 0. The van der Waals surface area contributed by atoms with Gasteiger partial charge < -0.3 is 4.74 Å². The molecule has 2 aromatic rings. The van der Waals surface area contributed by atoms with Gasteiger partial charge in [-0.1, -0.05) is 32.9 Å². The number of ether oxygens (including phenoxy) is 1. The second-order valence-electron chi connectivity index (χ2n) is 5.80. The van der Waals surface area contributed by atoms with Gasteiger partial charge in [-0.2, -0.15) is 5.26 Å². The molecule has 0 aliphatic heterocycles. The Hall–Kier alpha value is -2.34. The van der Waals surface area contributed by atoms with Crippen molar-refractivity contribution in [2.24, 2.45) is 0 Å². The van der Waals surface area contributed by atoms with Crippen molar-refractivity contribution in [1.29, 1.82) is 5.26 Å². The molecular weight excluding hydrogens is 248 g/mol. The average molecular weight is 266 g/mol. The molecule has 0 bridgehead atoms. The van der Waals surface area contributed by atoms with E-state index in [4.69, 9.17) is 10.00 Å². The molecule has 0 saturated heterocycles. The van der Waals surface area contributed by atoms with E-state index in [1.165, 1.54) is 5.56 Å². The minimum atomic E-state index is 0.0530. The molecule has 1 aromatic heterocycles. The highest BCUT2D eigenvalue weighted by Gasteiger charge is 2.15. The molecule has 1 heterocycles. The van der Waals surface area contributed by atoms with Crippen LogP contribution in [-0.4, -0.2) is 4.98 Å². The Kier molecular flexibility index (Phi) is 3.76. The number of aryl methyl sites for hydroxylation is 1. The van der Waals surface area contributed by atoms with Crippen molar-refractivity contribution in [3.8, 4) is 17.7 Å². The predicted molar refractivity (Wildman–Crippen MR) is 78.9 cm³/mol. The normalized spacial score (nSPS) is 10.9. The third-order valence-corrected chi connectivity index (χ3v) is 3.03. The first-order valence-corrected chi connectivity index (χ1v) is 6.56. The van der Waals surface area contributed by atoms with E-state index < -0.39 is 0 Å². The molecule has 3 heteroatoms. The summed E-state index contributed by atoms with van der Waals surface area (Å²) < 4.78 is 5.78. The van der Waals surface area contributed by atoms with Crippen LogP contribution in [0.2, 0.25) is 0 Å². The van der Waals surface area contributed by atoms with Gasteiger partial charge in [0, 0.05) is 5.69 Å². The fraction of sp³-hybridized carbons (Fsp3) is 0.294. The van der Waals surface area contributed by atoms with Gasteiger partial charge in [-0.3, -0.25) is 0 Å². The maximum absolute atomic E-state index is 9.10. The van der Waals surface area contributed by atoms with Crippen LogP contribution in [0.3, 0.4) is 0 Å². The van der Waals surface area contributed by atoms with Crippen molar-refractivity contribution in [2.75, 3.05) is 0 Å². The fourth-order valence-electron chi connectivity index (χ4n) is 1.83. The van der Waals surface area contributed by atoms with Crippen LogP contribution < -0.4 is 4.74 Å². The highest BCUT2D eigenvalue weighted by atomic mass is 16.5. The van der Waals surface area contributed by atoms with Crippen molar-refractivity contribution >= 4 is 0 Å². The molecule has 0 aliphatic rings. The Morgan fingerprint density at radius 2 is 1.90 bits per heavy atom. The largest absolute Gasteiger partial charge is 0.438 e. The summed E-state index contributed by atoms with van der Waals surface area (Å²) in [6.07, 6.45) is 0. The molecule has 2 rings (SSSR count). The van der Waals surface area contributed by atoms with Crippen molar-refractivity contribution in [2.45, 2.75) is 33.1 Å². The highest BCUT2D eigenvalue weighted by molar-refractivity contribution is 5.42. The Balaban J connectivity index is 2.36. The lowest BCUT2D eigenvalue weighted by Gasteiger charge is -2.19. The second kappa shape index (κ2) is 5.34. The Labute approximate surface area is 119 Å². The fourth-order valence-corrected chi connectivity index (χ4v) is 1.83. The number of hydrogen-bond acceptors (Lipinski definition) is 3. The summed E-state index contributed by atoms with van der Waals surface area (Å²) in [6.45, 7) is 8.33. The van der Waals surface area contributed by atoms with E-state index in [-0.39, 0.29) is 5.41 Å². The number of aromatic nitrogens is 1. The van der Waals surface area contributed by atoms with E-state index in [0.717, 1.165) is 5.69 Å². The van der Waals surface area contributed by atoms with Crippen LogP contribution in [0.1, 0.15) is 37.6 Å². The van der Waals surface area contributed by atoms with Crippen LogP contribution in [0.4, 0.5) is 0 Å². The summed E-state index contributed by atoms with van der Waals surface area (Å²) in [5.74, 6) is 1.06. The molecule has 0 atom stereocenters. The first-order chi connectivity index (χ1) is 9.40. The summed E-state index contributed by atoms with van der Waals surface area (Å²) in [5, 5.41) is 9.10. The van der Waals surface area contributed by atoms with Gasteiger partial charge in [0.2, 0.25) is 5.88 Å². The molecule has 0 radical (unpaired) electrons. The van der Waals surface area contributed by atoms with Gasteiger partial charge in [-0.25, -0.2) is 4.98 Å². The zero-order chi connectivity index (χ0) is 14.8. The minimum absolute atomic E-state index is 0.0530. The molecule has 0 spiro atoms. The van der Waals surface area contributed by atoms with E-state index in [1.807, 2.05) is 25.1 Å². The quantitative estimate of drug-likeness (QED) is 0.811. The lowest BCUT2D eigenvalue weighted by Crippen LogP contribution is -2.10. The summed E-state index contributed by atoms with van der Waals surface area (Å²) >= 11 is 0. The molecular formula is C17H18N2O. The third kappa shape index (κ3) is 3.16. The Bertz CT molecular complexity index is 663. The molecule has 0 N–H and O–H groups in total. The average Bonchev–Trinajstić information content (AvgIpc) is 2.38. The van der Waals surface area contributed by atoms with E-state index in [1.54, 1.807) is 12.1 Å². The van der Waals surface area contributed by atoms with Crippen molar-refractivity contribution in [1.82, 2.24) is 4.98 Å². The van der Waals surface area contributed by atoms with Crippen molar-refractivity contribution in [3.05, 3.63) is 53.2 Å². The topological polar surface area (TPSA) is 45.9 Å². The standard InChI is InChI=1S/C17H18N2O/c1-12-8-9-13(11-18)16(19-12)20-15-7-5-6-14(10-15)17(2,3)4/h5-10H,1-4H3. The van der Waals surface area contributed by atoms with Gasteiger partial charge in [0.05, 0.1) is 0 Å². The number of benzene rings is 1. The summed E-state index contributed by atoms with van der Waals surface area (Å²) in [4.78, 5) is 4.29. The van der Waals surface area contributed by atoms with Gasteiger partial charge in [-0.15, -0.1) is 0 Å². The molecule has 20 heavy (non-hydrogen) atoms. The molecule has 3 nitrogen and oxygen atoms in total. The number of hydrogen-bond donors (Lipinski definition) is 0. The smallest absolute Gasteiger partial charge is 0.237 e. The summed E-state index contributed by atoms with van der Waals surface area (Å²) in [6, 6.07) is 13.5. The zero-order valence-corrected chi connectivity index (χ0v) is 12.3. The Morgan fingerprint density at radius 3 is 2.55 bits per heavy atom. The van der Waals surface area contributed by atoms with Crippen LogP contribution >= 0.6 is 0 Å². The molecule has 0 amide bonds. The van der Waals surface area contributed by atoms with Gasteiger partial charge >= 0.3 is 0 Å². The van der Waals surface area contributed by atoms with Gasteiger partial charge in [0.1, 0.15) is 17.4 Å². The van der Waals surface area contributed by atoms with Crippen molar-refractivity contribution < 1.29 is 4.74 Å². The predicted octanol–water partition coefficient (Wildman–Crippen LogP) is 4.35. The highest BCUT2D eigenvalue weighted by Crippen LogP contribution is 2.29. The number of nitriles is 1. The van der Waals surface area contributed by atoms with Crippen LogP contribution in [0.25, 0.3) is 0 Å². The first kappa shape index (κ1) is 14.1. The van der Waals surface area contributed by atoms with Crippen LogP contribution in [0, 0.1) is 18.3 Å². The first-order valence-electron chi connectivity index (χ1n) is 6.56. The van der Waals surface area contributed by atoms with Gasteiger partial charge in [0.15, 0.2) is 0 Å². The van der Waals surface area contributed by atoms with Crippen molar-refractivity contribution in [3.63, 3.8) is 0 Å². The summed E-state index contributed by atoms with van der Waals surface area (Å²) in [5.41, 5.74) is 2.50. The van der Waals surface area contributed by atoms with Crippen LogP contribution in [0.5, 0.6) is 11.6 Å². The van der Waals surface area contributed by atoms with E-state index in [0.29, 0.717) is 17.2 Å².